The first-order valence-electron chi connectivity index (χ1n) is 9.53. The molecule has 2 aromatic rings. The van der Waals surface area contributed by atoms with E-state index >= 15 is 0 Å². The molecule has 7 nitrogen and oxygen atoms in total. The molecule has 29 heavy (non-hydrogen) atoms. The summed E-state index contributed by atoms with van der Waals surface area (Å²) >= 11 is 0. The maximum atomic E-state index is 12.9. The van der Waals surface area contributed by atoms with Crippen molar-refractivity contribution in [2.24, 2.45) is 0 Å². The van der Waals surface area contributed by atoms with Gasteiger partial charge in [0.15, 0.2) is 0 Å². The van der Waals surface area contributed by atoms with Gasteiger partial charge in [-0.1, -0.05) is 6.07 Å². The third-order valence-corrected chi connectivity index (χ3v) is 7.25. The number of amides is 1. The molecule has 1 saturated heterocycles. The average molecular weight is 418 g/mol. The van der Waals surface area contributed by atoms with Gasteiger partial charge in [-0.15, -0.1) is 0 Å². The van der Waals surface area contributed by atoms with Gasteiger partial charge < -0.3 is 15.0 Å². The highest BCUT2D eigenvalue weighted by atomic mass is 32.2. The molecule has 3 rings (SSSR count). The van der Waals surface area contributed by atoms with Crippen LogP contribution < -0.4 is 10.1 Å². The Morgan fingerprint density at radius 3 is 2.41 bits per heavy atom. The van der Waals surface area contributed by atoms with Crippen LogP contribution in [0.25, 0.3) is 0 Å². The van der Waals surface area contributed by atoms with E-state index in [2.05, 4.69) is 10.2 Å². The number of carbonyl (C=O) groups excluding carboxylic acids is 1. The van der Waals surface area contributed by atoms with E-state index < -0.39 is 10.0 Å². The van der Waals surface area contributed by atoms with E-state index in [0.717, 1.165) is 25.9 Å². The molecule has 0 saturated carbocycles. The zero-order valence-corrected chi connectivity index (χ0v) is 17.8. The van der Waals surface area contributed by atoms with E-state index in [0.29, 0.717) is 17.0 Å². The summed E-state index contributed by atoms with van der Waals surface area (Å²) in [6, 6.07) is 13.1. The lowest BCUT2D eigenvalue weighted by atomic mass is 10.1. The number of anilines is 1. The number of ether oxygens (including phenoxy) is 1. The van der Waals surface area contributed by atoms with Crippen molar-refractivity contribution in [3.8, 4) is 5.75 Å². The first-order valence-corrected chi connectivity index (χ1v) is 11.0. The quantitative estimate of drug-likeness (QED) is 0.782. The van der Waals surface area contributed by atoms with Crippen LogP contribution in [0.15, 0.2) is 53.4 Å². The van der Waals surface area contributed by atoms with Crippen LogP contribution in [0.1, 0.15) is 23.2 Å². The van der Waals surface area contributed by atoms with E-state index in [-0.39, 0.29) is 16.8 Å². The van der Waals surface area contributed by atoms with E-state index in [1.807, 2.05) is 7.05 Å². The summed E-state index contributed by atoms with van der Waals surface area (Å²) in [4.78, 5) is 14.8. The Hall–Kier alpha value is -2.42. The molecular formula is C21H27N3O4S. The highest BCUT2D eigenvalue weighted by Gasteiger charge is 2.30. The maximum Gasteiger partial charge on any atom is 0.255 e. The van der Waals surface area contributed by atoms with Crippen molar-refractivity contribution < 1.29 is 17.9 Å². The van der Waals surface area contributed by atoms with Crippen LogP contribution in [0.2, 0.25) is 0 Å². The maximum absolute atomic E-state index is 12.9. The van der Waals surface area contributed by atoms with Crippen LogP contribution in [0.3, 0.4) is 0 Å². The molecule has 0 bridgehead atoms. The molecule has 1 aliphatic heterocycles. The van der Waals surface area contributed by atoms with Gasteiger partial charge in [0.25, 0.3) is 5.91 Å². The van der Waals surface area contributed by atoms with Crippen LogP contribution in [-0.2, 0) is 10.0 Å². The predicted octanol–water partition coefficient (Wildman–Crippen LogP) is 2.66. The number of hydrogen-bond acceptors (Lipinski definition) is 5. The first kappa shape index (κ1) is 21.3. The van der Waals surface area contributed by atoms with Gasteiger partial charge in [0, 0.05) is 24.3 Å². The lowest BCUT2D eigenvalue weighted by molar-refractivity contribution is 0.102. The Balaban J connectivity index is 1.69. The highest BCUT2D eigenvalue weighted by Crippen LogP contribution is 2.24. The largest absolute Gasteiger partial charge is 0.497 e. The zero-order chi connectivity index (χ0) is 21.0. The minimum Gasteiger partial charge on any atom is -0.497 e. The van der Waals surface area contributed by atoms with Crippen LogP contribution >= 0.6 is 0 Å². The Kier molecular flexibility index (Phi) is 6.56. The van der Waals surface area contributed by atoms with Crippen molar-refractivity contribution in [3.05, 3.63) is 54.1 Å². The van der Waals surface area contributed by atoms with Crippen molar-refractivity contribution in [2.75, 3.05) is 39.6 Å². The van der Waals surface area contributed by atoms with Gasteiger partial charge in [0.05, 0.1) is 12.0 Å². The van der Waals surface area contributed by atoms with Crippen molar-refractivity contribution in [3.63, 3.8) is 0 Å². The van der Waals surface area contributed by atoms with Gasteiger partial charge in [0.1, 0.15) is 5.75 Å². The summed E-state index contributed by atoms with van der Waals surface area (Å²) in [5.41, 5.74) is 0.988. The van der Waals surface area contributed by atoms with Crippen LogP contribution in [0.4, 0.5) is 5.69 Å². The second-order valence-electron chi connectivity index (χ2n) is 7.27. The normalized spacial score (nSPS) is 16.0. The summed E-state index contributed by atoms with van der Waals surface area (Å²) < 4.78 is 32.5. The van der Waals surface area contributed by atoms with Crippen molar-refractivity contribution in [2.45, 2.75) is 23.8 Å². The van der Waals surface area contributed by atoms with Crippen LogP contribution in [-0.4, -0.2) is 63.9 Å². The molecule has 1 aliphatic rings. The molecule has 1 amide bonds. The highest BCUT2D eigenvalue weighted by molar-refractivity contribution is 7.89. The third-order valence-electron chi connectivity index (χ3n) is 5.32. The fourth-order valence-corrected chi connectivity index (χ4v) is 4.81. The minimum absolute atomic E-state index is 0.00337. The lowest BCUT2D eigenvalue weighted by Gasteiger charge is -2.34. The number of nitrogens with one attached hydrogen (secondary N) is 1. The molecular weight excluding hydrogens is 390 g/mol. The Bertz CT molecular complexity index is 952. The fourth-order valence-electron chi connectivity index (χ4n) is 3.40. The first-order chi connectivity index (χ1) is 13.8. The van der Waals surface area contributed by atoms with Crippen molar-refractivity contribution in [1.82, 2.24) is 9.21 Å². The van der Waals surface area contributed by atoms with Crippen LogP contribution in [0, 0.1) is 0 Å². The lowest BCUT2D eigenvalue weighted by Crippen LogP contribution is -2.44. The number of piperidine rings is 1. The van der Waals surface area contributed by atoms with Gasteiger partial charge in [-0.3, -0.25) is 4.79 Å². The van der Waals surface area contributed by atoms with Gasteiger partial charge in [0.2, 0.25) is 10.0 Å². The van der Waals surface area contributed by atoms with Gasteiger partial charge in [-0.25, -0.2) is 8.42 Å². The zero-order valence-electron chi connectivity index (χ0n) is 17.0. The molecule has 1 N–H and O–H groups in total. The minimum atomic E-state index is -3.58. The van der Waals surface area contributed by atoms with Crippen molar-refractivity contribution >= 4 is 21.6 Å². The number of likely N-dealkylation sites (tertiary alicyclic amines) is 1. The van der Waals surface area contributed by atoms with E-state index in [9.17, 15) is 13.2 Å². The number of benzene rings is 2. The summed E-state index contributed by atoms with van der Waals surface area (Å²) in [6.07, 6.45) is 1.64. The molecule has 0 atom stereocenters. The van der Waals surface area contributed by atoms with E-state index in [1.54, 1.807) is 50.6 Å². The van der Waals surface area contributed by atoms with Gasteiger partial charge in [-0.05, 0) is 75.4 Å². The Labute approximate surface area is 172 Å². The second kappa shape index (κ2) is 8.94. The molecule has 0 spiro atoms. The smallest absolute Gasteiger partial charge is 0.255 e. The Morgan fingerprint density at radius 2 is 1.79 bits per heavy atom. The topological polar surface area (TPSA) is 78.9 Å². The van der Waals surface area contributed by atoms with Crippen molar-refractivity contribution in [1.29, 1.82) is 0 Å². The fraction of sp³-hybridized carbons (Fsp3) is 0.381. The SMILES string of the molecule is COc1cccc(C(=O)Nc2ccc(S(=O)(=O)N(C)C3CCN(C)CC3)cc2)c1. The molecule has 2 aromatic carbocycles. The number of hydrogen-bond donors (Lipinski definition) is 1. The third kappa shape index (κ3) is 4.95. The molecule has 0 unspecified atom stereocenters. The molecule has 1 fully saturated rings. The number of nitrogens with zero attached hydrogens (tertiary/aromatic N) is 2. The summed E-state index contributed by atoms with van der Waals surface area (Å²) in [5, 5.41) is 2.78. The molecule has 8 heteroatoms. The Morgan fingerprint density at radius 1 is 1.14 bits per heavy atom. The van der Waals surface area contributed by atoms with E-state index in [1.165, 1.54) is 16.4 Å². The number of rotatable bonds is 6. The summed E-state index contributed by atoms with van der Waals surface area (Å²) in [5.74, 6) is 0.305. The average Bonchev–Trinajstić information content (AvgIpc) is 2.74. The number of sulfonamides is 1. The number of carbonyl (C=O) groups is 1. The monoisotopic (exact) mass is 417 g/mol. The molecule has 0 aromatic heterocycles. The molecule has 0 aliphatic carbocycles. The predicted molar refractivity (Wildman–Crippen MR) is 113 cm³/mol. The standard InChI is InChI=1S/C21H27N3O4S/c1-23-13-11-18(12-14-23)24(2)29(26,27)20-9-7-17(8-10-20)22-21(25)16-5-4-6-19(15-16)28-3/h4-10,15,18H,11-14H2,1-3H3,(H,22,25). The second-order valence-corrected chi connectivity index (χ2v) is 9.26. The summed E-state index contributed by atoms with van der Waals surface area (Å²) in [7, 11) is 1.65. The number of methoxy groups -OCH3 is 1. The molecule has 156 valence electrons. The van der Waals surface area contributed by atoms with Gasteiger partial charge >= 0.3 is 0 Å². The summed E-state index contributed by atoms with van der Waals surface area (Å²) in [6.45, 7) is 1.78. The van der Waals surface area contributed by atoms with Crippen LogP contribution in [0.5, 0.6) is 5.75 Å². The van der Waals surface area contributed by atoms with Gasteiger partial charge in [-0.2, -0.15) is 4.31 Å². The molecule has 0 radical (unpaired) electrons. The van der Waals surface area contributed by atoms with E-state index in [4.69, 9.17) is 4.74 Å². The molecule has 1 heterocycles.